The van der Waals surface area contributed by atoms with E-state index in [0.717, 1.165) is 37.7 Å². The van der Waals surface area contributed by atoms with Crippen molar-refractivity contribution in [2.45, 2.75) is 60.7 Å². The number of epoxide rings is 1. The predicted molar refractivity (Wildman–Crippen MR) is 123 cm³/mol. The van der Waals surface area contributed by atoms with Crippen molar-refractivity contribution < 1.29 is 19.1 Å². The summed E-state index contributed by atoms with van der Waals surface area (Å²) in [5.41, 5.74) is 3.73. The van der Waals surface area contributed by atoms with Gasteiger partial charge in [0, 0.05) is 17.2 Å². The summed E-state index contributed by atoms with van der Waals surface area (Å²) < 4.78 is 13.0. The van der Waals surface area contributed by atoms with Crippen LogP contribution in [0, 0.1) is 11.8 Å². The van der Waals surface area contributed by atoms with Gasteiger partial charge in [-0.2, -0.15) is 0 Å². The Morgan fingerprint density at radius 3 is 2.75 bits per heavy atom. The van der Waals surface area contributed by atoms with Crippen molar-refractivity contribution in [2.75, 3.05) is 12.9 Å². The maximum Gasteiger partial charge on any atom is 0.190 e. The fraction of sp³-hybridized carbons (Fsp3) is 0.481. The number of allylic oxidation sites excluding steroid dienone is 3. The van der Waals surface area contributed by atoms with Crippen LogP contribution in [0.15, 0.2) is 64.6 Å². The topological polar surface area (TPSA) is 55.9 Å². The minimum Gasteiger partial charge on any atom is -0.366 e. The number of hydrogen-bond donors (Lipinski definition) is 0. The third kappa shape index (κ3) is 2.71. The van der Waals surface area contributed by atoms with Crippen LogP contribution >= 0.6 is 11.8 Å². The molecule has 5 heteroatoms. The molecule has 5 aliphatic rings. The molecule has 3 fully saturated rings. The monoisotopic (exact) mass is 448 g/mol. The average molecular weight is 449 g/mol. The van der Waals surface area contributed by atoms with Crippen molar-refractivity contribution >= 4 is 23.3 Å². The van der Waals surface area contributed by atoms with Crippen LogP contribution < -0.4 is 0 Å². The first-order valence-corrected chi connectivity index (χ1v) is 12.8. The van der Waals surface area contributed by atoms with E-state index in [1.165, 1.54) is 27.7 Å². The third-order valence-electron chi connectivity index (χ3n) is 8.46. The Labute approximate surface area is 193 Å². The number of fused-ring (bicyclic) bond motifs is 3. The Balaban J connectivity index is 1.49. The highest BCUT2D eigenvalue weighted by Crippen LogP contribution is 2.69. The molecule has 1 aromatic rings. The molecular formula is C27H28O4S. The Morgan fingerprint density at radius 1 is 1.19 bits per heavy atom. The van der Waals surface area contributed by atoms with Gasteiger partial charge in [0.25, 0.3) is 0 Å². The largest absolute Gasteiger partial charge is 0.366 e. The third-order valence-corrected chi connectivity index (χ3v) is 9.20. The molecule has 0 radical (unpaired) electrons. The van der Waals surface area contributed by atoms with Crippen LogP contribution in [0.5, 0.6) is 0 Å². The standard InChI is InChI=1S/C27H28O4S/c1-3-23(29)26-13-12-22-21-10-6-17-14-18(28)7-11-20(17)24(21)25(30-15-27(22,26)31-26)16-4-8-19(32-2)9-5-16/h3-5,8-9,14,21-22,25H,1,6-7,10-13,15H2,2H3/t21?,22?,25-,26-,27-/m1/s1. The second kappa shape index (κ2) is 7.28. The molecule has 1 aromatic carbocycles. The Morgan fingerprint density at radius 2 is 2.00 bits per heavy atom. The lowest BCUT2D eigenvalue weighted by Gasteiger charge is -2.37. The van der Waals surface area contributed by atoms with Crippen molar-refractivity contribution in [3.05, 3.63) is 65.3 Å². The summed E-state index contributed by atoms with van der Waals surface area (Å²) in [6.45, 7) is 4.16. The highest BCUT2D eigenvalue weighted by Gasteiger charge is 2.81. The van der Waals surface area contributed by atoms with E-state index in [9.17, 15) is 9.59 Å². The van der Waals surface area contributed by atoms with Crippen LogP contribution in [-0.2, 0) is 19.1 Å². The van der Waals surface area contributed by atoms with Crippen LogP contribution in [0.3, 0.4) is 0 Å². The van der Waals surface area contributed by atoms with Crippen molar-refractivity contribution in [2.24, 2.45) is 11.8 Å². The number of thioether (sulfide) groups is 1. The van der Waals surface area contributed by atoms with E-state index in [2.05, 4.69) is 37.1 Å². The van der Waals surface area contributed by atoms with E-state index < -0.39 is 11.2 Å². The second-order valence-electron chi connectivity index (χ2n) is 9.71. The van der Waals surface area contributed by atoms with Gasteiger partial charge in [0.2, 0.25) is 0 Å². The van der Waals surface area contributed by atoms with Crippen molar-refractivity contribution in [3.63, 3.8) is 0 Å². The van der Waals surface area contributed by atoms with Crippen LogP contribution in [0.1, 0.15) is 50.2 Å². The minimum atomic E-state index is -0.745. The van der Waals surface area contributed by atoms with E-state index in [4.69, 9.17) is 9.47 Å². The number of ether oxygens (including phenoxy) is 2. The van der Waals surface area contributed by atoms with Crippen molar-refractivity contribution in [1.29, 1.82) is 0 Å². The van der Waals surface area contributed by atoms with Gasteiger partial charge < -0.3 is 9.47 Å². The summed E-state index contributed by atoms with van der Waals surface area (Å²) in [5.74, 6) is 0.811. The smallest absolute Gasteiger partial charge is 0.190 e. The molecule has 0 N–H and O–H groups in total. The van der Waals surface area contributed by atoms with Crippen LogP contribution in [0.25, 0.3) is 0 Å². The van der Waals surface area contributed by atoms with E-state index >= 15 is 0 Å². The van der Waals surface area contributed by atoms with Gasteiger partial charge >= 0.3 is 0 Å². The lowest BCUT2D eigenvalue weighted by molar-refractivity contribution is -0.119. The molecule has 0 bridgehead atoms. The quantitative estimate of drug-likeness (QED) is 0.362. The van der Waals surface area contributed by atoms with Gasteiger partial charge in [-0.05, 0) is 90.8 Å². The molecule has 0 amide bonds. The van der Waals surface area contributed by atoms with Gasteiger partial charge in [-0.15, -0.1) is 11.8 Å². The van der Waals surface area contributed by atoms with Gasteiger partial charge in [-0.3, -0.25) is 9.59 Å². The molecular weight excluding hydrogens is 420 g/mol. The van der Waals surface area contributed by atoms with E-state index in [1.54, 1.807) is 11.8 Å². The van der Waals surface area contributed by atoms with Gasteiger partial charge in [0.1, 0.15) is 11.7 Å². The first kappa shape index (κ1) is 20.6. The van der Waals surface area contributed by atoms with E-state index in [0.29, 0.717) is 18.9 Å². The van der Waals surface area contributed by atoms with Gasteiger partial charge in [-0.25, -0.2) is 0 Å². The number of hydrogen-bond acceptors (Lipinski definition) is 5. The first-order valence-electron chi connectivity index (χ1n) is 11.6. The SMILES string of the molecule is C=CC(=O)[C@]12CCC3C4CCC5=CC(=O)CCC5=C4[C@@H](c4ccc(SC)cc4)OC[C@@]31O2. The zero-order valence-electron chi connectivity index (χ0n) is 18.4. The summed E-state index contributed by atoms with van der Waals surface area (Å²) in [6.07, 6.45) is 10.2. The Bertz CT molecular complexity index is 1080. The normalized spacial score (nSPS) is 37.5. The zero-order chi connectivity index (χ0) is 22.1. The molecule has 1 saturated carbocycles. The summed E-state index contributed by atoms with van der Waals surface area (Å²) in [6, 6.07) is 8.64. The summed E-state index contributed by atoms with van der Waals surface area (Å²) in [5, 5.41) is 0. The molecule has 4 nitrogen and oxygen atoms in total. The number of ketones is 2. The Kier molecular flexibility index (Phi) is 4.69. The molecule has 2 heterocycles. The maximum absolute atomic E-state index is 12.8. The second-order valence-corrected chi connectivity index (χ2v) is 10.6. The molecule has 2 aliphatic heterocycles. The zero-order valence-corrected chi connectivity index (χ0v) is 19.2. The molecule has 3 aliphatic carbocycles. The van der Waals surface area contributed by atoms with Crippen LogP contribution in [0.4, 0.5) is 0 Å². The van der Waals surface area contributed by atoms with Gasteiger partial charge in [0.15, 0.2) is 17.2 Å². The number of benzene rings is 1. The summed E-state index contributed by atoms with van der Waals surface area (Å²) >= 11 is 1.73. The van der Waals surface area contributed by atoms with Crippen molar-refractivity contribution in [1.82, 2.24) is 0 Å². The molecule has 1 spiro atoms. The molecule has 2 saturated heterocycles. The highest BCUT2D eigenvalue weighted by molar-refractivity contribution is 7.98. The number of carbonyl (C=O) groups is 2. The van der Waals surface area contributed by atoms with E-state index in [1.807, 2.05) is 6.08 Å². The average Bonchev–Trinajstić information content (AvgIpc) is 3.42. The predicted octanol–water partition coefficient (Wildman–Crippen LogP) is 5.15. The molecule has 6 rings (SSSR count). The Hall–Kier alpha value is -1.95. The lowest BCUT2D eigenvalue weighted by Crippen LogP contribution is -2.37. The number of carbonyl (C=O) groups excluding carboxylic acids is 2. The van der Waals surface area contributed by atoms with Crippen molar-refractivity contribution in [3.8, 4) is 0 Å². The van der Waals surface area contributed by atoms with Gasteiger partial charge in [-0.1, -0.05) is 18.7 Å². The van der Waals surface area contributed by atoms with Crippen LogP contribution in [-0.4, -0.2) is 35.6 Å². The number of rotatable bonds is 4. The summed E-state index contributed by atoms with van der Waals surface area (Å²) in [7, 11) is 0. The molecule has 166 valence electrons. The fourth-order valence-corrected chi connectivity index (χ4v) is 7.38. The first-order chi connectivity index (χ1) is 15.5. The molecule has 2 unspecified atom stereocenters. The van der Waals surface area contributed by atoms with Gasteiger partial charge in [0.05, 0.1) is 6.61 Å². The molecule has 32 heavy (non-hydrogen) atoms. The lowest BCUT2D eigenvalue weighted by atomic mass is 9.66. The maximum atomic E-state index is 12.8. The van der Waals surface area contributed by atoms with Crippen LogP contribution in [0.2, 0.25) is 0 Å². The fourth-order valence-electron chi connectivity index (χ4n) is 6.97. The van der Waals surface area contributed by atoms with E-state index in [-0.39, 0.29) is 23.6 Å². The minimum absolute atomic E-state index is 0.000217. The summed E-state index contributed by atoms with van der Waals surface area (Å²) in [4.78, 5) is 26.2. The highest BCUT2D eigenvalue weighted by atomic mass is 32.2. The molecule has 5 atom stereocenters. The molecule has 0 aromatic heterocycles.